The van der Waals surface area contributed by atoms with Crippen LogP contribution in [0.2, 0.25) is 5.02 Å². The first-order valence-electron chi connectivity index (χ1n) is 9.65. The summed E-state index contributed by atoms with van der Waals surface area (Å²) in [6.07, 6.45) is 3.28. The van der Waals surface area contributed by atoms with E-state index in [4.69, 9.17) is 16.3 Å². The molecule has 0 radical (unpaired) electrons. The van der Waals surface area contributed by atoms with Gasteiger partial charge in [0.1, 0.15) is 11.4 Å². The lowest BCUT2D eigenvalue weighted by Crippen LogP contribution is -2.32. The molecule has 0 bridgehead atoms. The second-order valence-corrected chi connectivity index (χ2v) is 7.53. The first-order chi connectivity index (χ1) is 15.0. The molecule has 3 aromatic rings. The lowest BCUT2D eigenvalue weighted by atomic mass is 10.0. The maximum absolute atomic E-state index is 13.4. The molecule has 7 heteroatoms. The second-order valence-electron chi connectivity index (χ2n) is 7.09. The Morgan fingerprint density at radius 1 is 1.06 bits per heavy atom. The predicted molar refractivity (Wildman–Crippen MR) is 120 cm³/mol. The lowest BCUT2D eigenvalue weighted by molar-refractivity contribution is -0.137. The van der Waals surface area contributed by atoms with Crippen LogP contribution in [0.15, 0.2) is 72.7 Å². The van der Waals surface area contributed by atoms with Crippen LogP contribution >= 0.6 is 11.6 Å². The highest BCUT2D eigenvalue weighted by Gasteiger charge is 2.40. The van der Waals surface area contributed by atoms with Crippen LogP contribution in [-0.2, 0) is 16.1 Å². The van der Waals surface area contributed by atoms with Crippen LogP contribution in [0.4, 0.5) is 5.69 Å². The summed E-state index contributed by atoms with van der Waals surface area (Å²) in [4.78, 5) is 32.1. The van der Waals surface area contributed by atoms with Crippen molar-refractivity contribution in [1.29, 1.82) is 0 Å². The number of nitrogens with zero attached hydrogens (tertiary/aromatic N) is 2. The SMILES string of the molecule is COc1ccccc1C1=C(Nc2ccc(Cl)cc2C)C(=O)N(Cc2cccnc2)C1=O. The van der Waals surface area contributed by atoms with Crippen molar-refractivity contribution in [1.82, 2.24) is 9.88 Å². The molecule has 0 spiro atoms. The molecule has 31 heavy (non-hydrogen) atoms. The molecule has 1 aliphatic heterocycles. The van der Waals surface area contributed by atoms with Crippen LogP contribution in [0, 0.1) is 6.92 Å². The average Bonchev–Trinajstić information content (AvgIpc) is 3.00. The van der Waals surface area contributed by atoms with E-state index in [-0.39, 0.29) is 17.8 Å². The molecule has 0 atom stereocenters. The summed E-state index contributed by atoms with van der Waals surface area (Å²) in [6.45, 7) is 2.00. The van der Waals surface area contributed by atoms with E-state index in [1.165, 1.54) is 12.0 Å². The number of imide groups is 1. The maximum atomic E-state index is 13.4. The van der Waals surface area contributed by atoms with Gasteiger partial charge in [-0.05, 0) is 48.4 Å². The van der Waals surface area contributed by atoms with Gasteiger partial charge in [-0.25, -0.2) is 0 Å². The van der Waals surface area contributed by atoms with E-state index < -0.39 is 11.8 Å². The van der Waals surface area contributed by atoms with Crippen LogP contribution in [0.1, 0.15) is 16.7 Å². The number of methoxy groups -OCH3 is 1. The molecule has 1 aliphatic rings. The maximum Gasteiger partial charge on any atom is 0.278 e. The first kappa shape index (κ1) is 20.6. The number of aryl methyl sites for hydroxylation is 1. The van der Waals surface area contributed by atoms with Crippen LogP contribution in [-0.4, -0.2) is 28.8 Å². The number of ether oxygens (including phenoxy) is 1. The Bertz CT molecular complexity index is 1190. The molecule has 2 heterocycles. The molecule has 6 nitrogen and oxygen atoms in total. The van der Waals surface area contributed by atoms with E-state index in [1.807, 2.05) is 19.1 Å². The van der Waals surface area contributed by atoms with Gasteiger partial charge in [0.2, 0.25) is 0 Å². The number of aromatic nitrogens is 1. The van der Waals surface area contributed by atoms with Gasteiger partial charge >= 0.3 is 0 Å². The molecule has 0 fully saturated rings. The summed E-state index contributed by atoms with van der Waals surface area (Å²) in [7, 11) is 1.53. The van der Waals surface area contributed by atoms with E-state index in [0.717, 1.165) is 11.1 Å². The predicted octanol–water partition coefficient (Wildman–Crippen LogP) is 4.44. The Morgan fingerprint density at radius 3 is 2.58 bits per heavy atom. The number of benzene rings is 2. The molecule has 0 aliphatic carbocycles. The molecule has 0 unspecified atom stereocenters. The molecule has 4 rings (SSSR count). The highest BCUT2D eigenvalue weighted by atomic mass is 35.5. The van der Waals surface area contributed by atoms with Crippen LogP contribution in [0.3, 0.4) is 0 Å². The number of para-hydroxylation sites is 1. The average molecular weight is 434 g/mol. The normalized spacial score (nSPS) is 13.7. The highest BCUT2D eigenvalue weighted by molar-refractivity contribution is 6.37. The van der Waals surface area contributed by atoms with Gasteiger partial charge in [-0.15, -0.1) is 0 Å². The number of anilines is 1. The Hall–Kier alpha value is -3.64. The standard InChI is InChI=1S/C24H20ClN3O3/c1-15-12-17(25)9-10-19(15)27-22-21(18-7-3-4-8-20(18)31-2)23(29)28(24(22)30)14-16-6-5-11-26-13-16/h3-13,27H,14H2,1-2H3. The molecule has 1 N–H and O–H groups in total. The monoisotopic (exact) mass is 433 g/mol. The van der Waals surface area contributed by atoms with Crippen molar-refractivity contribution in [3.8, 4) is 5.75 Å². The second kappa shape index (κ2) is 8.62. The summed E-state index contributed by atoms with van der Waals surface area (Å²) in [5.74, 6) is -0.300. The molecule has 156 valence electrons. The van der Waals surface area contributed by atoms with Gasteiger partial charge in [0.05, 0.1) is 19.2 Å². The zero-order valence-electron chi connectivity index (χ0n) is 17.1. The fraction of sp³-hybridized carbons (Fsp3) is 0.125. The van der Waals surface area contributed by atoms with Gasteiger partial charge in [-0.2, -0.15) is 0 Å². The van der Waals surface area contributed by atoms with Gasteiger partial charge in [0.15, 0.2) is 0 Å². The third-order valence-electron chi connectivity index (χ3n) is 5.06. The van der Waals surface area contributed by atoms with E-state index in [1.54, 1.807) is 54.9 Å². The lowest BCUT2D eigenvalue weighted by Gasteiger charge is -2.15. The fourth-order valence-electron chi connectivity index (χ4n) is 3.51. The number of amides is 2. The number of halogens is 1. The van der Waals surface area contributed by atoms with Crippen LogP contribution in [0.5, 0.6) is 5.75 Å². The molecule has 0 saturated heterocycles. The van der Waals surface area contributed by atoms with Gasteiger partial charge in [-0.3, -0.25) is 19.5 Å². The van der Waals surface area contributed by atoms with Crippen molar-refractivity contribution in [2.75, 3.05) is 12.4 Å². The van der Waals surface area contributed by atoms with E-state index in [0.29, 0.717) is 22.0 Å². The zero-order valence-corrected chi connectivity index (χ0v) is 17.8. The minimum Gasteiger partial charge on any atom is -0.496 e. The summed E-state index contributed by atoms with van der Waals surface area (Å²) >= 11 is 6.07. The quantitative estimate of drug-likeness (QED) is 0.582. The zero-order chi connectivity index (χ0) is 22.0. The van der Waals surface area contributed by atoms with Crippen LogP contribution in [0.25, 0.3) is 5.57 Å². The van der Waals surface area contributed by atoms with E-state index >= 15 is 0 Å². The summed E-state index contributed by atoms with van der Waals surface area (Å²) in [6, 6.07) is 16.0. The molecular formula is C24H20ClN3O3. The smallest absolute Gasteiger partial charge is 0.278 e. The van der Waals surface area contributed by atoms with Crippen LogP contribution < -0.4 is 10.1 Å². The number of hydrogen-bond acceptors (Lipinski definition) is 5. The largest absolute Gasteiger partial charge is 0.496 e. The van der Waals surface area contributed by atoms with Gasteiger partial charge in [-0.1, -0.05) is 35.9 Å². The van der Waals surface area contributed by atoms with Crippen molar-refractivity contribution in [3.05, 3.63) is 94.4 Å². The van der Waals surface area contributed by atoms with Crippen molar-refractivity contribution < 1.29 is 14.3 Å². The topological polar surface area (TPSA) is 71.5 Å². The third-order valence-corrected chi connectivity index (χ3v) is 5.29. The summed E-state index contributed by atoms with van der Waals surface area (Å²) < 4.78 is 5.46. The summed E-state index contributed by atoms with van der Waals surface area (Å²) in [5.41, 5.74) is 3.31. The number of pyridine rings is 1. The molecule has 2 aromatic carbocycles. The fourth-order valence-corrected chi connectivity index (χ4v) is 3.74. The third kappa shape index (κ3) is 4.02. The van der Waals surface area contributed by atoms with Gasteiger partial charge in [0, 0.05) is 28.7 Å². The van der Waals surface area contributed by atoms with Gasteiger partial charge < -0.3 is 10.1 Å². The van der Waals surface area contributed by atoms with Crippen molar-refractivity contribution in [3.63, 3.8) is 0 Å². The number of hydrogen-bond donors (Lipinski definition) is 1. The number of nitrogens with one attached hydrogen (secondary N) is 1. The Labute approximate surface area is 185 Å². The summed E-state index contributed by atoms with van der Waals surface area (Å²) in [5, 5.41) is 3.76. The Balaban J connectivity index is 1.80. The van der Waals surface area contributed by atoms with Crippen molar-refractivity contribution in [2.45, 2.75) is 13.5 Å². The van der Waals surface area contributed by atoms with Gasteiger partial charge in [0.25, 0.3) is 11.8 Å². The molecule has 0 saturated carbocycles. The number of rotatable bonds is 6. The van der Waals surface area contributed by atoms with E-state index in [9.17, 15) is 9.59 Å². The number of carbonyl (C=O) groups is 2. The van der Waals surface area contributed by atoms with Crippen molar-refractivity contribution in [2.24, 2.45) is 0 Å². The first-order valence-corrected chi connectivity index (χ1v) is 10.0. The molecule has 2 amide bonds. The molecule has 1 aromatic heterocycles. The minimum absolute atomic E-state index is 0.120. The van der Waals surface area contributed by atoms with Crippen molar-refractivity contribution >= 4 is 34.7 Å². The molecular weight excluding hydrogens is 414 g/mol. The minimum atomic E-state index is -0.413. The highest BCUT2D eigenvalue weighted by Crippen LogP contribution is 2.36. The Morgan fingerprint density at radius 2 is 1.87 bits per heavy atom. The Kier molecular flexibility index (Phi) is 5.73. The number of carbonyl (C=O) groups excluding carboxylic acids is 2. The van der Waals surface area contributed by atoms with E-state index in [2.05, 4.69) is 10.3 Å².